The maximum absolute atomic E-state index is 13.1. The van der Waals surface area contributed by atoms with Gasteiger partial charge in [0.05, 0.1) is 37.1 Å². The zero-order chi connectivity index (χ0) is 23.0. The second-order valence-electron chi connectivity index (χ2n) is 8.94. The first-order valence-electron chi connectivity index (χ1n) is 11.2. The van der Waals surface area contributed by atoms with Crippen LogP contribution in [0.15, 0.2) is 30.9 Å². The van der Waals surface area contributed by atoms with Crippen molar-refractivity contribution in [2.24, 2.45) is 5.41 Å². The summed E-state index contributed by atoms with van der Waals surface area (Å²) in [6, 6.07) is 1.84. The molecule has 11 heteroatoms. The largest absolute Gasteiger partial charge is 0.481 e. The zero-order valence-corrected chi connectivity index (χ0v) is 18.5. The van der Waals surface area contributed by atoms with E-state index in [0.717, 1.165) is 12.8 Å². The maximum atomic E-state index is 13.1. The van der Waals surface area contributed by atoms with E-state index in [1.807, 2.05) is 17.8 Å². The van der Waals surface area contributed by atoms with E-state index in [1.54, 1.807) is 23.0 Å². The quantitative estimate of drug-likeness (QED) is 0.602. The van der Waals surface area contributed by atoms with Crippen LogP contribution in [0.3, 0.4) is 0 Å². The molecule has 3 aromatic heterocycles. The molecule has 0 aromatic carbocycles. The van der Waals surface area contributed by atoms with E-state index >= 15 is 0 Å². The number of morpholine rings is 1. The molecule has 1 saturated heterocycles. The molecule has 1 amide bonds. The standard InChI is InChI=1S/C22H27N7O4/c1-22(21(31)32)5-3-15(4-6-22)29-14-17(19(26-29)27-9-11-33-12-10-27)25-20(30)16-13-24-28-8-2-7-23-18(16)28/h2,7-8,13-15H,3-6,9-12H2,1H3,(H,25,30)(H,31,32). The average molecular weight is 454 g/mol. The number of hydrogen-bond acceptors (Lipinski definition) is 7. The van der Waals surface area contributed by atoms with Crippen molar-refractivity contribution >= 4 is 29.0 Å². The number of nitrogens with one attached hydrogen (secondary N) is 1. The summed E-state index contributed by atoms with van der Waals surface area (Å²) in [6.45, 7) is 4.36. The van der Waals surface area contributed by atoms with Crippen molar-refractivity contribution in [1.29, 1.82) is 0 Å². The molecule has 0 radical (unpaired) electrons. The predicted octanol–water partition coefficient (Wildman–Crippen LogP) is 2.22. The van der Waals surface area contributed by atoms with Crippen LogP contribution < -0.4 is 10.2 Å². The molecular formula is C22H27N7O4. The van der Waals surface area contributed by atoms with Crippen LogP contribution in [0.4, 0.5) is 11.5 Å². The van der Waals surface area contributed by atoms with Gasteiger partial charge in [0.2, 0.25) is 0 Å². The van der Waals surface area contributed by atoms with Crippen molar-refractivity contribution in [3.63, 3.8) is 0 Å². The summed E-state index contributed by atoms with van der Waals surface area (Å²) in [5.41, 5.74) is 0.787. The average Bonchev–Trinajstić information content (AvgIpc) is 3.45. The monoisotopic (exact) mass is 453 g/mol. The number of aromatic nitrogens is 5. The molecule has 33 heavy (non-hydrogen) atoms. The third-order valence-electron chi connectivity index (χ3n) is 6.74. The molecule has 2 N–H and O–H groups in total. The highest BCUT2D eigenvalue weighted by atomic mass is 16.5. The number of hydrogen-bond donors (Lipinski definition) is 2. The van der Waals surface area contributed by atoms with Gasteiger partial charge < -0.3 is 20.1 Å². The Morgan fingerprint density at radius 3 is 2.73 bits per heavy atom. The van der Waals surface area contributed by atoms with Crippen molar-refractivity contribution < 1.29 is 19.4 Å². The van der Waals surface area contributed by atoms with E-state index in [4.69, 9.17) is 9.84 Å². The number of fused-ring (bicyclic) bond motifs is 1. The van der Waals surface area contributed by atoms with E-state index in [9.17, 15) is 14.7 Å². The molecule has 1 saturated carbocycles. The van der Waals surface area contributed by atoms with E-state index in [2.05, 4.69) is 20.3 Å². The number of amides is 1. The minimum atomic E-state index is -0.745. The number of anilines is 2. The summed E-state index contributed by atoms with van der Waals surface area (Å²) in [4.78, 5) is 31.1. The Morgan fingerprint density at radius 2 is 2.00 bits per heavy atom. The SMILES string of the molecule is CC1(C(=O)O)CCC(n2cc(NC(=O)c3cnn4cccnc34)c(N3CCOCC3)n2)CC1. The highest BCUT2D eigenvalue weighted by Gasteiger charge is 2.38. The minimum Gasteiger partial charge on any atom is -0.481 e. The summed E-state index contributed by atoms with van der Waals surface area (Å²) in [5.74, 6) is -0.354. The Labute approximate surface area is 190 Å². The molecule has 1 aliphatic carbocycles. The van der Waals surface area contributed by atoms with Gasteiger partial charge in [0, 0.05) is 25.5 Å². The predicted molar refractivity (Wildman–Crippen MR) is 119 cm³/mol. The van der Waals surface area contributed by atoms with Gasteiger partial charge in [-0.15, -0.1) is 0 Å². The highest BCUT2D eigenvalue weighted by molar-refractivity contribution is 6.09. The summed E-state index contributed by atoms with van der Waals surface area (Å²) < 4.78 is 8.92. The smallest absolute Gasteiger partial charge is 0.309 e. The molecule has 5 rings (SSSR count). The molecule has 2 fully saturated rings. The van der Waals surface area contributed by atoms with Crippen LogP contribution in [0.1, 0.15) is 49.0 Å². The van der Waals surface area contributed by atoms with Crippen LogP contribution >= 0.6 is 0 Å². The van der Waals surface area contributed by atoms with E-state index in [1.165, 1.54) is 6.20 Å². The maximum Gasteiger partial charge on any atom is 0.309 e. The van der Waals surface area contributed by atoms with Crippen LogP contribution in [-0.2, 0) is 9.53 Å². The summed E-state index contributed by atoms with van der Waals surface area (Å²) >= 11 is 0. The Bertz CT molecular complexity index is 1170. The van der Waals surface area contributed by atoms with Crippen molar-refractivity contribution in [1.82, 2.24) is 24.4 Å². The van der Waals surface area contributed by atoms with E-state index in [0.29, 0.717) is 61.9 Å². The fourth-order valence-corrected chi connectivity index (χ4v) is 4.56. The van der Waals surface area contributed by atoms with Crippen molar-refractivity contribution in [2.45, 2.75) is 38.6 Å². The topological polar surface area (TPSA) is 127 Å². The first kappa shape index (κ1) is 21.4. The number of ether oxygens (including phenoxy) is 1. The fraction of sp³-hybridized carbons (Fsp3) is 0.500. The number of nitrogens with zero attached hydrogens (tertiary/aromatic N) is 6. The minimum absolute atomic E-state index is 0.0847. The van der Waals surface area contributed by atoms with Crippen LogP contribution in [0, 0.1) is 5.41 Å². The third-order valence-corrected chi connectivity index (χ3v) is 6.74. The van der Waals surface area contributed by atoms with E-state index < -0.39 is 11.4 Å². The number of rotatable bonds is 5. The van der Waals surface area contributed by atoms with E-state index in [-0.39, 0.29) is 11.9 Å². The Hall–Kier alpha value is -3.47. The molecule has 11 nitrogen and oxygen atoms in total. The number of carbonyl (C=O) groups excluding carboxylic acids is 1. The fourth-order valence-electron chi connectivity index (χ4n) is 4.56. The number of carbonyl (C=O) groups is 2. The normalized spacial score (nSPS) is 23.5. The van der Waals surface area contributed by atoms with Gasteiger partial charge in [0.1, 0.15) is 11.3 Å². The summed E-state index contributed by atoms with van der Waals surface area (Å²) in [5, 5.41) is 21.6. The van der Waals surface area contributed by atoms with Crippen LogP contribution in [0.2, 0.25) is 0 Å². The van der Waals surface area contributed by atoms with Gasteiger partial charge in [0.25, 0.3) is 5.91 Å². The molecular weight excluding hydrogens is 426 g/mol. The Morgan fingerprint density at radius 1 is 1.24 bits per heavy atom. The van der Waals surface area contributed by atoms with Crippen LogP contribution in [-0.4, -0.2) is 67.7 Å². The first-order chi connectivity index (χ1) is 15.9. The molecule has 0 atom stereocenters. The molecule has 0 bridgehead atoms. The molecule has 0 spiro atoms. The molecule has 3 aromatic rings. The third kappa shape index (κ3) is 4.04. The number of carboxylic acids is 1. The molecule has 2 aliphatic rings. The summed E-state index contributed by atoms with van der Waals surface area (Å²) in [7, 11) is 0. The van der Waals surface area contributed by atoms with Gasteiger partial charge in [-0.3, -0.25) is 14.3 Å². The van der Waals surface area contributed by atoms with Gasteiger partial charge >= 0.3 is 5.97 Å². The molecule has 174 valence electrons. The second-order valence-corrected chi connectivity index (χ2v) is 8.94. The van der Waals surface area contributed by atoms with Crippen LogP contribution in [0.25, 0.3) is 5.65 Å². The van der Waals surface area contributed by atoms with Gasteiger partial charge in [-0.2, -0.15) is 10.2 Å². The van der Waals surface area contributed by atoms with Crippen molar-refractivity contribution in [3.8, 4) is 0 Å². The number of aliphatic carboxylic acids is 1. The van der Waals surface area contributed by atoms with Crippen molar-refractivity contribution in [2.75, 3.05) is 36.5 Å². The second kappa shape index (κ2) is 8.47. The number of carboxylic acid groups (broad SMARTS) is 1. The lowest BCUT2D eigenvalue weighted by Gasteiger charge is -2.34. The lowest BCUT2D eigenvalue weighted by molar-refractivity contribution is -0.150. The summed E-state index contributed by atoms with van der Waals surface area (Å²) in [6.07, 6.45) is 9.35. The van der Waals surface area contributed by atoms with Crippen LogP contribution in [0.5, 0.6) is 0 Å². The zero-order valence-electron chi connectivity index (χ0n) is 18.5. The first-order valence-corrected chi connectivity index (χ1v) is 11.2. The Balaban J connectivity index is 1.41. The molecule has 0 unspecified atom stereocenters. The highest BCUT2D eigenvalue weighted by Crippen LogP contribution is 2.41. The van der Waals surface area contributed by atoms with Crippen molar-refractivity contribution in [3.05, 3.63) is 36.4 Å². The van der Waals surface area contributed by atoms with Gasteiger partial charge in [-0.25, -0.2) is 9.50 Å². The Kier molecular flexibility index (Phi) is 5.49. The van der Waals surface area contributed by atoms with Gasteiger partial charge in [-0.1, -0.05) is 0 Å². The molecule has 4 heterocycles. The molecule has 1 aliphatic heterocycles. The lowest BCUT2D eigenvalue weighted by atomic mass is 9.74. The van der Waals surface area contributed by atoms with Gasteiger partial charge in [-0.05, 0) is 38.7 Å². The lowest BCUT2D eigenvalue weighted by Crippen LogP contribution is -2.37. The van der Waals surface area contributed by atoms with Gasteiger partial charge in [0.15, 0.2) is 11.5 Å².